The Kier molecular flexibility index (Phi) is 6.36. The largest absolute Gasteiger partial charge is 0.478 e. The highest BCUT2D eigenvalue weighted by molar-refractivity contribution is 7.09. The van der Waals surface area contributed by atoms with Gasteiger partial charge in [-0.3, -0.25) is 9.69 Å². The fourth-order valence-electron chi connectivity index (χ4n) is 3.32. The number of hydrogen-bond acceptors (Lipinski definition) is 7. The lowest BCUT2D eigenvalue weighted by Gasteiger charge is -2.19. The van der Waals surface area contributed by atoms with Gasteiger partial charge in [0.15, 0.2) is 0 Å². The molecule has 0 aliphatic rings. The molecule has 10 nitrogen and oxygen atoms in total. The number of carbonyl (C=O) groups excluding carboxylic acids is 1. The number of benzene rings is 1. The number of amides is 1. The Morgan fingerprint density at radius 2 is 2.03 bits per heavy atom. The number of nitrogens with zero attached hydrogens (tertiary/aromatic N) is 6. The first kappa shape index (κ1) is 21.4. The van der Waals surface area contributed by atoms with E-state index in [2.05, 4.69) is 25.6 Å². The highest BCUT2D eigenvalue weighted by atomic mass is 32.1. The Bertz CT molecular complexity index is 1180. The second-order valence-electron chi connectivity index (χ2n) is 7.08. The van der Waals surface area contributed by atoms with E-state index in [0.29, 0.717) is 25.2 Å². The summed E-state index contributed by atoms with van der Waals surface area (Å²) in [5, 5.41) is 25.1. The maximum Gasteiger partial charge on any atom is 0.335 e. The molecule has 0 saturated heterocycles. The zero-order chi connectivity index (χ0) is 22.5. The van der Waals surface area contributed by atoms with Crippen molar-refractivity contribution in [1.82, 2.24) is 30.2 Å². The molecule has 0 bridgehead atoms. The zero-order valence-corrected chi connectivity index (χ0v) is 18.1. The molecule has 0 aliphatic heterocycles. The van der Waals surface area contributed by atoms with Crippen molar-refractivity contribution in [2.24, 2.45) is 0 Å². The number of carboxylic acids is 1. The van der Waals surface area contributed by atoms with Gasteiger partial charge in [0.05, 0.1) is 18.3 Å². The average Bonchev–Trinajstić information content (AvgIpc) is 3.56. The molecule has 4 rings (SSSR count). The molecule has 3 aromatic heterocycles. The molecular weight excluding hydrogens is 430 g/mol. The number of nitrogens with one attached hydrogen (secondary N) is 1. The normalized spacial score (nSPS) is 10.9. The van der Waals surface area contributed by atoms with Crippen LogP contribution in [0.2, 0.25) is 0 Å². The summed E-state index contributed by atoms with van der Waals surface area (Å²) in [6, 6.07) is 10.5. The average molecular weight is 452 g/mol. The Morgan fingerprint density at radius 1 is 1.22 bits per heavy atom. The van der Waals surface area contributed by atoms with Gasteiger partial charge >= 0.3 is 5.97 Å². The minimum absolute atomic E-state index is 0.180. The van der Waals surface area contributed by atoms with Crippen molar-refractivity contribution >= 4 is 29.2 Å². The molecule has 164 valence electrons. The van der Waals surface area contributed by atoms with Gasteiger partial charge in [-0.25, -0.2) is 9.78 Å². The molecule has 0 aliphatic carbocycles. The molecule has 4 aromatic rings. The van der Waals surface area contributed by atoms with Gasteiger partial charge in [0.1, 0.15) is 11.5 Å². The first-order chi connectivity index (χ1) is 15.6. The lowest BCUT2D eigenvalue weighted by Crippen LogP contribution is -2.33. The molecule has 1 amide bonds. The number of aromatic amines is 1. The number of thiophene rings is 1. The predicted octanol–water partition coefficient (Wildman–Crippen LogP) is 3.00. The highest BCUT2D eigenvalue weighted by Gasteiger charge is 2.26. The number of imidazole rings is 1. The van der Waals surface area contributed by atoms with E-state index in [1.54, 1.807) is 30.5 Å². The van der Waals surface area contributed by atoms with Crippen LogP contribution < -0.4 is 4.90 Å². The third kappa shape index (κ3) is 4.57. The lowest BCUT2D eigenvalue weighted by molar-refractivity contribution is 0.0696. The molecule has 0 saturated carbocycles. The van der Waals surface area contributed by atoms with Crippen LogP contribution in [0.3, 0.4) is 0 Å². The number of aromatic nitrogens is 6. The number of carboxylic acid groups (broad SMARTS) is 1. The van der Waals surface area contributed by atoms with E-state index in [-0.39, 0.29) is 17.4 Å². The molecule has 11 heteroatoms. The van der Waals surface area contributed by atoms with E-state index < -0.39 is 5.97 Å². The molecular formula is C21H21N7O3S. The van der Waals surface area contributed by atoms with Crippen LogP contribution >= 0.6 is 11.3 Å². The molecule has 32 heavy (non-hydrogen) atoms. The molecule has 2 N–H and O–H groups in total. The highest BCUT2D eigenvalue weighted by Crippen LogP contribution is 2.20. The van der Waals surface area contributed by atoms with Gasteiger partial charge in [-0.05, 0) is 40.8 Å². The summed E-state index contributed by atoms with van der Waals surface area (Å²) in [5.41, 5.74) is 1.48. The van der Waals surface area contributed by atoms with Crippen molar-refractivity contribution < 1.29 is 14.7 Å². The standard InChI is InChI=1S/C21H21N7O3S/c1-2-4-18-22-11-17(27(18)12-14-6-8-15(9-7-14)20(30)31)19(29)28(21-23-25-26-24-21)13-16-5-3-10-32-16/h3,5-11H,2,4,12-13H2,1H3,(H,30,31)(H,23,24,25,26). The van der Waals surface area contributed by atoms with E-state index >= 15 is 0 Å². The SMILES string of the molecule is CCCc1ncc(C(=O)N(Cc2cccs2)c2nn[nH]n2)n1Cc1ccc(C(=O)O)cc1. The number of aromatic carboxylic acids is 1. The maximum atomic E-state index is 13.6. The summed E-state index contributed by atoms with van der Waals surface area (Å²) >= 11 is 1.53. The molecule has 0 atom stereocenters. The van der Waals surface area contributed by atoms with Crippen LogP contribution in [0.5, 0.6) is 0 Å². The maximum absolute atomic E-state index is 13.6. The fraction of sp³-hybridized carbons (Fsp3) is 0.238. The van der Waals surface area contributed by atoms with Crippen molar-refractivity contribution in [3.8, 4) is 0 Å². The zero-order valence-electron chi connectivity index (χ0n) is 17.3. The number of carbonyl (C=O) groups is 2. The summed E-state index contributed by atoms with van der Waals surface area (Å²) in [4.78, 5) is 31.7. The molecule has 1 aromatic carbocycles. The monoisotopic (exact) mass is 451 g/mol. The summed E-state index contributed by atoms with van der Waals surface area (Å²) < 4.78 is 1.86. The molecule has 0 fully saturated rings. The van der Waals surface area contributed by atoms with Gasteiger partial charge < -0.3 is 9.67 Å². The smallest absolute Gasteiger partial charge is 0.335 e. The summed E-state index contributed by atoms with van der Waals surface area (Å²) in [6.45, 7) is 2.73. The molecule has 0 spiro atoms. The number of rotatable bonds is 9. The van der Waals surface area contributed by atoms with E-state index in [0.717, 1.165) is 22.7 Å². The summed E-state index contributed by atoms with van der Waals surface area (Å²) in [5.74, 6) is -0.316. The van der Waals surface area contributed by atoms with Gasteiger partial charge in [0.2, 0.25) is 0 Å². The number of anilines is 1. The van der Waals surface area contributed by atoms with Crippen LogP contribution in [0.15, 0.2) is 48.0 Å². The van der Waals surface area contributed by atoms with Crippen molar-refractivity contribution in [2.45, 2.75) is 32.9 Å². The second kappa shape index (κ2) is 9.52. The summed E-state index contributed by atoms with van der Waals surface area (Å²) in [6.07, 6.45) is 3.14. The molecule has 3 heterocycles. The Morgan fingerprint density at radius 3 is 2.66 bits per heavy atom. The van der Waals surface area contributed by atoms with E-state index in [1.807, 2.05) is 29.0 Å². The van der Waals surface area contributed by atoms with Crippen LogP contribution in [0.4, 0.5) is 5.95 Å². The predicted molar refractivity (Wildman–Crippen MR) is 118 cm³/mol. The van der Waals surface area contributed by atoms with Crippen LogP contribution in [0.1, 0.15) is 50.5 Å². The minimum atomic E-state index is -0.981. The number of aryl methyl sites for hydroxylation is 1. The summed E-state index contributed by atoms with van der Waals surface area (Å²) in [7, 11) is 0. The Labute approximate surface area is 187 Å². The third-order valence-electron chi connectivity index (χ3n) is 4.89. The molecule has 0 unspecified atom stereocenters. The van der Waals surface area contributed by atoms with Gasteiger partial charge in [-0.1, -0.05) is 30.2 Å². The lowest BCUT2D eigenvalue weighted by atomic mass is 10.1. The van der Waals surface area contributed by atoms with Crippen molar-refractivity contribution in [1.29, 1.82) is 0 Å². The quantitative estimate of drug-likeness (QED) is 0.400. The second-order valence-corrected chi connectivity index (χ2v) is 8.11. The van der Waals surface area contributed by atoms with E-state index in [9.17, 15) is 9.59 Å². The van der Waals surface area contributed by atoms with Crippen LogP contribution in [0.25, 0.3) is 0 Å². The number of hydrogen-bond donors (Lipinski definition) is 2. The van der Waals surface area contributed by atoms with Crippen LogP contribution in [0, 0.1) is 0 Å². The first-order valence-electron chi connectivity index (χ1n) is 10.0. The fourth-order valence-corrected chi connectivity index (χ4v) is 4.01. The Hall–Kier alpha value is -3.86. The third-order valence-corrected chi connectivity index (χ3v) is 5.75. The van der Waals surface area contributed by atoms with Gasteiger partial charge in [-0.15, -0.1) is 16.4 Å². The van der Waals surface area contributed by atoms with Crippen LogP contribution in [-0.2, 0) is 19.5 Å². The van der Waals surface area contributed by atoms with Gasteiger partial charge in [0, 0.05) is 17.8 Å². The topological polar surface area (TPSA) is 130 Å². The van der Waals surface area contributed by atoms with Crippen LogP contribution in [-0.4, -0.2) is 47.2 Å². The minimum Gasteiger partial charge on any atom is -0.478 e. The number of H-pyrrole nitrogens is 1. The van der Waals surface area contributed by atoms with Crippen molar-refractivity contribution in [3.05, 3.63) is 75.5 Å². The van der Waals surface area contributed by atoms with E-state index in [4.69, 9.17) is 5.11 Å². The van der Waals surface area contributed by atoms with Gasteiger partial charge in [0.25, 0.3) is 11.9 Å². The van der Waals surface area contributed by atoms with E-state index in [1.165, 1.54) is 16.2 Å². The first-order valence-corrected chi connectivity index (χ1v) is 10.9. The van der Waals surface area contributed by atoms with Gasteiger partial charge in [-0.2, -0.15) is 5.21 Å². The van der Waals surface area contributed by atoms with Crippen molar-refractivity contribution in [2.75, 3.05) is 4.90 Å². The van der Waals surface area contributed by atoms with Crippen molar-refractivity contribution in [3.63, 3.8) is 0 Å². The molecule has 0 radical (unpaired) electrons. The number of tetrazole rings is 1. The Balaban J connectivity index is 1.68.